The maximum Gasteiger partial charge on any atom is 0.0118 e. The predicted octanol–water partition coefficient (Wildman–Crippen LogP) is 3.20. The van der Waals surface area contributed by atoms with Crippen molar-refractivity contribution < 1.29 is 0 Å². The molecule has 3 saturated carbocycles. The summed E-state index contributed by atoms with van der Waals surface area (Å²) in [5, 5.41) is 3.91. The Bertz CT molecular complexity index is 232. The summed E-state index contributed by atoms with van der Waals surface area (Å²) in [5.74, 6) is 2.95. The average Bonchev–Trinajstić information content (AvgIpc) is 2.99. The predicted molar refractivity (Wildman–Crippen MR) is 63.7 cm³/mol. The monoisotopic (exact) mass is 207 g/mol. The zero-order valence-corrected chi connectivity index (χ0v) is 10.3. The standard InChI is InChI=1S/C14H25N/c1-10(2)13(11-3-4-11)15-9-14(7-8-14)12-5-6-12/h10-13,15H,3-9H2,1-2H3. The highest BCUT2D eigenvalue weighted by molar-refractivity contribution is 5.06. The zero-order chi connectivity index (χ0) is 10.5. The lowest BCUT2D eigenvalue weighted by molar-refractivity contribution is 0.307. The molecule has 1 N–H and O–H groups in total. The first kappa shape index (κ1) is 10.1. The lowest BCUT2D eigenvalue weighted by atomic mass is 9.96. The van der Waals surface area contributed by atoms with Crippen LogP contribution in [0.15, 0.2) is 0 Å². The fraction of sp³-hybridized carbons (Fsp3) is 1.00. The highest BCUT2D eigenvalue weighted by Gasteiger charge is 2.53. The summed E-state index contributed by atoms with van der Waals surface area (Å²) in [4.78, 5) is 0. The van der Waals surface area contributed by atoms with Gasteiger partial charge in [-0.25, -0.2) is 0 Å². The van der Waals surface area contributed by atoms with E-state index in [2.05, 4.69) is 19.2 Å². The maximum atomic E-state index is 3.91. The number of hydrogen-bond donors (Lipinski definition) is 1. The Morgan fingerprint density at radius 1 is 1.13 bits per heavy atom. The van der Waals surface area contributed by atoms with Crippen LogP contribution >= 0.6 is 0 Å². The van der Waals surface area contributed by atoms with Crippen molar-refractivity contribution in [3.63, 3.8) is 0 Å². The lowest BCUT2D eigenvalue weighted by Crippen LogP contribution is -2.39. The van der Waals surface area contributed by atoms with Gasteiger partial charge in [0.1, 0.15) is 0 Å². The minimum absolute atomic E-state index is 0.780. The van der Waals surface area contributed by atoms with E-state index in [1.165, 1.54) is 45.1 Å². The molecular weight excluding hydrogens is 182 g/mol. The zero-order valence-electron chi connectivity index (χ0n) is 10.3. The summed E-state index contributed by atoms with van der Waals surface area (Å²) in [6.45, 7) is 6.09. The van der Waals surface area contributed by atoms with Crippen molar-refractivity contribution in [3.05, 3.63) is 0 Å². The summed E-state index contributed by atoms with van der Waals surface area (Å²) >= 11 is 0. The molecule has 1 atom stereocenters. The van der Waals surface area contributed by atoms with E-state index < -0.39 is 0 Å². The second-order valence-electron chi connectivity index (χ2n) is 6.62. The van der Waals surface area contributed by atoms with E-state index in [4.69, 9.17) is 0 Å². The summed E-state index contributed by atoms with van der Waals surface area (Å²) < 4.78 is 0. The normalized spacial score (nSPS) is 30.6. The van der Waals surface area contributed by atoms with Gasteiger partial charge in [-0.3, -0.25) is 0 Å². The molecule has 1 nitrogen and oxygen atoms in total. The van der Waals surface area contributed by atoms with Crippen LogP contribution in [0.5, 0.6) is 0 Å². The van der Waals surface area contributed by atoms with E-state index in [9.17, 15) is 0 Å². The summed E-state index contributed by atoms with van der Waals surface area (Å²) in [5.41, 5.74) is 0.780. The summed E-state index contributed by atoms with van der Waals surface area (Å²) in [7, 11) is 0. The molecule has 3 rings (SSSR count). The van der Waals surface area contributed by atoms with Crippen molar-refractivity contribution >= 4 is 0 Å². The van der Waals surface area contributed by atoms with Gasteiger partial charge in [0.05, 0.1) is 0 Å². The van der Waals surface area contributed by atoms with Gasteiger partial charge in [0.25, 0.3) is 0 Å². The molecule has 1 unspecified atom stereocenters. The van der Waals surface area contributed by atoms with Gasteiger partial charge in [-0.1, -0.05) is 13.8 Å². The van der Waals surface area contributed by atoms with Gasteiger partial charge in [0.15, 0.2) is 0 Å². The first-order valence-electron chi connectivity index (χ1n) is 6.95. The topological polar surface area (TPSA) is 12.0 Å². The van der Waals surface area contributed by atoms with Crippen molar-refractivity contribution in [3.8, 4) is 0 Å². The summed E-state index contributed by atoms with van der Waals surface area (Å²) in [6.07, 6.45) is 9.04. The molecule has 3 fully saturated rings. The Balaban J connectivity index is 1.51. The highest BCUT2D eigenvalue weighted by atomic mass is 15.0. The highest BCUT2D eigenvalue weighted by Crippen LogP contribution is 2.61. The van der Waals surface area contributed by atoms with Crippen LogP contribution in [-0.4, -0.2) is 12.6 Å². The van der Waals surface area contributed by atoms with Crippen LogP contribution in [0.25, 0.3) is 0 Å². The molecule has 0 aromatic rings. The molecular formula is C14H25N. The fourth-order valence-electron chi connectivity index (χ4n) is 3.31. The second kappa shape index (κ2) is 3.48. The molecule has 0 amide bonds. The van der Waals surface area contributed by atoms with Gasteiger partial charge >= 0.3 is 0 Å². The molecule has 0 radical (unpaired) electrons. The molecule has 0 aromatic heterocycles. The van der Waals surface area contributed by atoms with Crippen LogP contribution in [0.2, 0.25) is 0 Å². The van der Waals surface area contributed by atoms with Crippen molar-refractivity contribution in [2.45, 2.75) is 58.4 Å². The SMILES string of the molecule is CC(C)C(NCC1(C2CC2)CC1)C1CC1. The van der Waals surface area contributed by atoms with Gasteiger partial charge in [-0.2, -0.15) is 0 Å². The number of rotatable bonds is 6. The van der Waals surface area contributed by atoms with E-state index in [1.54, 1.807) is 0 Å². The molecule has 0 bridgehead atoms. The van der Waals surface area contributed by atoms with Gasteiger partial charge < -0.3 is 5.32 Å². The molecule has 0 heterocycles. The largest absolute Gasteiger partial charge is 0.313 e. The number of nitrogens with one attached hydrogen (secondary N) is 1. The lowest BCUT2D eigenvalue weighted by Gasteiger charge is -2.25. The van der Waals surface area contributed by atoms with Crippen molar-refractivity contribution in [1.29, 1.82) is 0 Å². The van der Waals surface area contributed by atoms with Crippen LogP contribution in [-0.2, 0) is 0 Å². The Kier molecular flexibility index (Phi) is 2.35. The Labute approximate surface area is 94.0 Å². The third-order valence-electron chi connectivity index (χ3n) is 4.87. The van der Waals surface area contributed by atoms with Crippen molar-refractivity contribution in [1.82, 2.24) is 5.32 Å². The van der Waals surface area contributed by atoms with E-state index >= 15 is 0 Å². The molecule has 3 aliphatic rings. The minimum Gasteiger partial charge on any atom is -0.313 e. The van der Waals surface area contributed by atoms with Crippen molar-refractivity contribution in [2.75, 3.05) is 6.54 Å². The van der Waals surface area contributed by atoms with E-state index in [1.807, 2.05) is 0 Å². The van der Waals surface area contributed by atoms with E-state index in [-0.39, 0.29) is 0 Å². The maximum absolute atomic E-state index is 3.91. The quantitative estimate of drug-likeness (QED) is 0.705. The molecule has 0 aliphatic heterocycles. The van der Waals surface area contributed by atoms with Crippen molar-refractivity contribution in [2.24, 2.45) is 23.2 Å². The molecule has 1 heteroatoms. The third-order valence-corrected chi connectivity index (χ3v) is 4.87. The van der Waals surface area contributed by atoms with Crippen LogP contribution in [0.1, 0.15) is 52.4 Å². The Hall–Kier alpha value is -0.0400. The average molecular weight is 207 g/mol. The molecule has 86 valence electrons. The van der Waals surface area contributed by atoms with E-state index in [0.29, 0.717) is 0 Å². The van der Waals surface area contributed by atoms with Crippen LogP contribution in [0, 0.1) is 23.2 Å². The van der Waals surface area contributed by atoms with Crippen LogP contribution < -0.4 is 5.32 Å². The molecule has 0 spiro atoms. The van der Waals surface area contributed by atoms with Crippen LogP contribution in [0.4, 0.5) is 0 Å². The first-order chi connectivity index (χ1) is 7.21. The fourth-order valence-corrected chi connectivity index (χ4v) is 3.31. The van der Waals surface area contributed by atoms with Gasteiger partial charge in [-0.05, 0) is 61.7 Å². The van der Waals surface area contributed by atoms with E-state index in [0.717, 1.165) is 29.2 Å². The Morgan fingerprint density at radius 2 is 1.80 bits per heavy atom. The first-order valence-corrected chi connectivity index (χ1v) is 6.95. The minimum atomic E-state index is 0.780. The third kappa shape index (κ3) is 2.08. The van der Waals surface area contributed by atoms with Gasteiger partial charge in [-0.15, -0.1) is 0 Å². The second-order valence-corrected chi connectivity index (χ2v) is 6.62. The van der Waals surface area contributed by atoms with Crippen LogP contribution in [0.3, 0.4) is 0 Å². The molecule has 0 aromatic carbocycles. The Morgan fingerprint density at radius 3 is 2.20 bits per heavy atom. The number of hydrogen-bond acceptors (Lipinski definition) is 1. The molecule has 0 saturated heterocycles. The van der Waals surface area contributed by atoms with Gasteiger partial charge in [0, 0.05) is 12.6 Å². The smallest absolute Gasteiger partial charge is 0.0118 e. The molecule has 3 aliphatic carbocycles. The summed E-state index contributed by atoms with van der Waals surface area (Å²) in [6, 6.07) is 0.821. The molecule has 15 heavy (non-hydrogen) atoms. The van der Waals surface area contributed by atoms with Gasteiger partial charge in [0.2, 0.25) is 0 Å².